The number of aromatic nitrogens is 1. The number of hydrogen-bond donors (Lipinski definition) is 1. The van der Waals surface area contributed by atoms with E-state index in [0.29, 0.717) is 10.8 Å². The van der Waals surface area contributed by atoms with Gasteiger partial charge in [0, 0.05) is 10.4 Å². The first-order valence-corrected chi connectivity index (χ1v) is 4.85. The maximum Gasteiger partial charge on any atom is 0.138 e. The summed E-state index contributed by atoms with van der Waals surface area (Å²) in [5.41, 5.74) is 6.48. The van der Waals surface area contributed by atoms with Gasteiger partial charge in [-0.05, 0) is 40.2 Å². The van der Waals surface area contributed by atoms with Crippen LogP contribution in [0.1, 0.15) is 0 Å². The van der Waals surface area contributed by atoms with Crippen molar-refractivity contribution in [3.63, 3.8) is 0 Å². The van der Waals surface area contributed by atoms with Crippen molar-refractivity contribution in [3.8, 4) is 0 Å². The van der Waals surface area contributed by atoms with Gasteiger partial charge in [-0.2, -0.15) is 0 Å². The molecule has 0 aliphatic rings. The maximum absolute atomic E-state index is 5.84. The molecule has 0 aliphatic heterocycles. The molecule has 0 fully saturated rings. The first kappa shape index (κ1) is 8.78. The highest BCUT2D eigenvalue weighted by Crippen LogP contribution is 2.24. The Morgan fingerprint density at radius 3 is 2.85 bits per heavy atom. The van der Waals surface area contributed by atoms with E-state index in [4.69, 9.17) is 17.3 Å². The molecule has 0 amide bonds. The van der Waals surface area contributed by atoms with Crippen LogP contribution in [0, 0.1) is 0 Å². The lowest BCUT2D eigenvalue weighted by molar-refractivity contribution is 1.39. The molecule has 0 radical (unpaired) electrons. The summed E-state index contributed by atoms with van der Waals surface area (Å²) in [6.07, 6.45) is 0. The third kappa shape index (κ3) is 1.62. The number of benzene rings is 1. The number of halogens is 2. The molecule has 13 heavy (non-hydrogen) atoms. The summed E-state index contributed by atoms with van der Waals surface area (Å²) in [6.45, 7) is 0. The summed E-state index contributed by atoms with van der Waals surface area (Å²) in [6, 6.07) is 7.41. The Bertz CT molecular complexity index is 470. The van der Waals surface area contributed by atoms with Gasteiger partial charge in [0.15, 0.2) is 0 Å². The van der Waals surface area contributed by atoms with Gasteiger partial charge in [0.2, 0.25) is 0 Å². The molecule has 2 rings (SSSR count). The Balaban J connectivity index is 2.81. The van der Waals surface area contributed by atoms with Crippen molar-refractivity contribution in [1.82, 2.24) is 4.98 Å². The van der Waals surface area contributed by atoms with E-state index >= 15 is 0 Å². The minimum atomic E-state index is 0.495. The fraction of sp³-hybridized carbons (Fsp3) is 0. The van der Waals surface area contributed by atoms with Crippen LogP contribution in [0.5, 0.6) is 0 Å². The maximum atomic E-state index is 5.84. The number of nitrogen functional groups attached to an aromatic ring is 1. The summed E-state index contributed by atoms with van der Waals surface area (Å²) in [5.74, 6) is 0.495. The second-order valence-electron chi connectivity index (χ2n) is 2.69. The highest BCUT2D eigenvalue weighted by Gasteiger charge is 2.01. The van der Waals surface area contributed by atoms with Gasteiger partial charge >= 0.3 is 0 Å². The van der Waals surface area contributed by atoms with Gasteiger partial charge in [-0.3, -0.25) is 0 Å². The van der Waals surface area contributed by atoms with E-state index in [-0.39, 0.29) is 0 Å². The molecule has 0 aliphatic carbocycles. The van der Waals surface area contributed by atoms with E-state index in [9.17, 15) is 0 Å². The molecule has 0 unspecified atom stereocenters. The number of nitrogens with zero attached hydrogens (tertiary/aromatic N) is 1. The van der Waals surface area contributed by atoms with Crippen LogP contribution in [0.4, 0.5) is 5.82 Å². The minimum Gasteiger partial charge on any atom is -0.383 e. The zero-order chi connectivity index (χ0) is 9.42. The summed E-state index contributed by atoms with van der Waals surface area (Å²) in [7, 11) is 0. The van der Waals surface area contributed by atoms with E-state index < -0.39 is 0 Å². The van der Waals surface area contributed by atoms with Gasteiger partial charge in [-0.25, -0.2) is 4.98 Å². The van der Waals surface area contributed by atoms with E-state index in [2.05, 4.69) is 20.9 Å². The number of rotatable bonds is 0. The molecule has 1 aromatic carbocycles. The summed E-state index contributed by atoms with van der Waals surface area (Å²) < 4.78 is 0.794. The molecule has 1 aromatic heterocycles. The van der Waals surface area contributed by atoms with Crippen molar-refractivity contribution in [2.24, 2.45) is 0 Å². The van der Waals surface area contributed by atoms with Crippen LogP contribution in [0.3, 0.4) is 0 Å². The number of hydrogen-bond acceptors (Lipinski definition) is 2. The second kappa shape index (κ2) is 3.16. The second-order valence-corrected chi connectivity index (χ2v) is 3.98. The summed E-state index contributed by atoms with van der Waals surface area (Å²) in [4.78, 5) is 4.19. The van der Waals surface area contributed by atoms with Crippen LogP contribution in [-0.4, -0.2) is 4.98 Å². The zero-order valence-electron chi connectivity index (χ0n) is 6.59. The number of nitrogens with two attached hydrogens (primary N) is 1. The smallest absolute Gasteiger partial charge is 0.138 e. The highest BCUT2D eigenvalue weighted by atomic mass is 79.9. The average molecular weight is 258 g/mol. The first-order chi connectivity index (χ1) is 6.16. The summed E-state index contributed by atoms with van der Waals surface area (Å²) in [5, 5.41) is 1.68. The Morgan fingerprint density at radius 2 is 2.08 bits per heavy atom. The molecule has 1 heterocycles. The van der Waals surface area contributed by atoms with Crippen LogP contribution in [0.25, 0.3) is 10.9 Å². The van der Waals surface area contributed by atoms with Gasteiger partial charge in [0.1, 0.15) is 5.82 Å². The Labute approximate surface area is 88.8 Å². The molecule has 4 heteroatoms. The molecule has 0 bridgehead atoms. The number of pyridine rings is 1. The van der Waals surface area contributed by atoms with E-state index in [0.717, 1.165) is 15.4 Å². The molecular formula is C9H6BrClN2. The minimum absolute atomic E-state index is 0.495. The number of fused-ring (bicyclic) bond motifs is 1. The molecule has 2 nitrogen and oxygen atoms in total. The Hall–Kier alpha value is -0.800. The van der Waals surface area contributed by atoms with Crippen LogP contribution in [0.15, 0.2) is 28.7 Å². The standard InChI is InChI=1S/C9H6BrClN2/c10-7-4-5-3-6(11)1-2-8(5)13-9(7)12/h1-4H,(H2,12,13). The van der Waals surface area contributed by atoms with Gasteiger partial charge < -0.3 is 5.73 Å². The van der Waals surface area contributed by atoms with Crippen molar-refractivity contribution < 1.29 is 0 Å². The molecule has 0 spiro atoms. The average Bonchev–Trinajstić information content (AvgIpc) is 2.08. The van der Waals surface area contributed by atoms with Gasteiger partial charge in [-0.1, -0.05) is 11.6 Å². The third-order valence-corrected chi connectivity index (χ3v) is 2.63. The molecule has 0 saturated heterocycles. The quantitative estimate of drug-likeness (QED) is 0.787. The van der Waals surface area contributed by atoms with Crippen molar-refractivity contribution in [3.05, 3.63) is 33.8 Å². The SMILES string of the molecule is Nc1nc2ccc(Cl)cc2cc1Br. The van der Waals surface area contributed by atoms with Crippen molar-refractivity contribution in [2.45, 2.75) is 0 Å². The molecule has 2 N–H and O–H groups in total. The van der Waals surface area contributed by atoms with Gasteiger partial charge in [0.05, 0.1) is 9.99 Å². The normalized spacial score (nSPS) is 10.6. The van der Waals surface area contributed by atoms with E-state index in [1.165, 1.54) is 0 Å². The third-order valence-electron chi connectivity index (χ3n) is 1.76. The fourth-order valence-electron chi connectivity index (χ4n) is 1.14. The topological polar surface area (TPSA) is 38.9 Å². The fourth-order valence-corrected chi connectivity index (χ4v) is 1.65. The lowest BCUT2D eigenvalue weighted by atomic mass is 10.2. The predicted octanol–water partition coefficient (Wildman–Crippen LogP) is 3.23. The molecule has 0 saturated carbocycles. The molecule has 0 atom stereocenters. The van der Waals surface area contributed by atoms with E-state index in [1.54, 1.807) is 6.07 Å². The molecule has 66 valence electrons. The van der Waals surface area contributed by atoms with Crippen LogP contribution in [0.2, 0.25) is 5.02 Å². The van der Waals surface area contributed by atoms with Crippen LogP contribution < -0.4 is 5.73 Å². The molecular weight excluding hydrogens is 251 g/mol. The van der Waals surface area contributed by atoms with Crippen LogP contribution in [-0.2, 0) is 0 Å². The van der Waals surface area contributed by atoms with Gasteiger partial charge in [0.25, 0.3) is 0 Å². The predicted molar refractivity (Wildman–Crippen MR) is 58.9 cm³/mol. The largest absolute Gasteiger partial charge is 0.383 e. The summed E-state index contributed by atoms with van der Waals surface area (Å²) >= 11 is 9.15. The zero-order valence-corrected chi connectivity index (χ0v) is 8.93. The molecule has 2 aromatic rings. The van der Waals surface area contributed by atoms with Crippen molar-refractivity contribution in [1.29, 1.82) is 0 Å². The lowest BCUT2D eigenvalue weighted by Crippen LogP contribution is -1.91. The Kier molecular flexibility index (Phi) is 2.14. The first-order valence-electron chi connectivity index (χ1n) is 3.68. The monoisotopic (exact) mass is 256 g/mol. The number of anilines is 1. The van der Waals surface area contributed by atoms with Crippen molar-refractivity contribution >= 4 is 44.3 Å². The van der Waals surface area contributed by atoms with Gasteiger partial charge in [-0.15, -0.1) is 0 Å². The van der Waals surface area contributed by atoms with Crippen molar-refractivity contribution in [2.75, 3.05) is 5.73 Å². The van der Waals surface area contributed by atoms with E-state index in [1.807, 2.05) is 18.2 Å². The highest BCUT2D eigenvalue weighted by molar-refractivity contribution is 9.10. The Morgan fingerprint density at radius 1 is 1.31 bits per heavy atom. The van der Waals surface area contributed by atoms with Crippen LogP contribution >= 0.6 is 27.5 Å². The lowest BCUT2D eigenvalue weighted by Gasteiger charge is -2.01.